The van der Waals surface area contributed by atoms with E-state index in [4.69, 9.17) is 4.74 Å². The molecule has 0 aliphatic carbocycles. The molecule has 1 aliphatic rings. The molecular weight excluding hydrogens is 268 g/mol. The van der Waals surface area contributed by atoms with Gasteiger partial charge in [-0.25, -0.2) is 9.97 Å². The predicted octanol–water partition coefficient (Wildman–Crippen LogP) is 1.54. The summed E-state index contributed by atoms with van der Waals surface area (Å²) in [4.78, 5) is 10.5. The van der Waals surface area contributed by atoms with Gasteiger partial charge in [-0.3, -0.25) is 0 Å². The normalized spacial score (nSPS) is 18.6. The number of rotatable bonds is 3. The van der Waals surface area contributed by atoms with E-state index in [0.717, 1.165) is 25.5 Å². The number of nitrogens with one attached hydrogen (secondary N) is 1. The zero-order valence-corrected chi connectivity index (χ0v) is 12.2. The zero-order valence-electron chi connectivity index (χ0n) is 12.2. The monoisotopic (exact) mass is 286 g/mol. The molecule has 110 valence electrons. The van der Waals surface area contributed by atoms with Crippen LogP contribution in [0.4, 0.5) is 17.5 Å². The van der Waals surface area contributed by atoms with Crippen LogP contribution in [0.1, 0.15) is 12.7 Å². The predicted molar refractivity (Wildman–Crippen MR) is 79.7 cm³/mol. The third kappa shape index (κ3) is 3.43. The molecule has 0 bridgehead atoms. The second kappa shape index (κ2) is 6.01. The molecule has 3 rings (SSSR count). The highest BCUT2D eigenvalue weighted by Crippen LogP contribution is 2.17. The van der Waals surface area contributed by atoms with Crippen LogP contribution in [0, 0.1) is 6.92 Å². The van der Waals surface area contributed by atoms with E-state index in [1.807, 2.05) is 19.1 Å². The molecule has 0 aromatic carbocycles. The Labute approximate surface area is 123 Å². The summed E-state index contributed by atoms with van der Waals surface area (Å²) in [6.45, 7) is 6.32. The smallest absolute Gasteiger partial charge is 0.154 e. The van der Waals surface area contributed by atoms with Gasteiger partial charge in [0.1, 0.15) is 11.6 Å². The zero-order chi connectivity index (χ0) is 14.7. The molecule has 7 heteroatoms. The van der Waals surface area contributed by atoms with Crippen LogP contribution in [0.3, 0.4) is 0 Å². The van der Waals surface area contributed by atoms with Gasteiger partial charge in [0.25, 0.3) is 0 Å². The Bertz CT molecular complexity index is 603. The Morgan fingerprint density at radius 1 is 1.24 bits per heavy atom. The van der Waals surface area contributed by atoms with Crippen LogP contribution in [0.25, 0.3) is 0 Å². The van der Waals surface area contributed by atoms with Crippen molar-refractivity contribution in [3.63, 3.8) is 0 Å². The van der Waals surface area contributed by atoms with E-state index in [1.165, 1.54) is 0 Å². The first-order valence-corrected chi connectivity index (χ1v) is 6.97. The van der Waals surface area contributed by atoms with Crippen LogP contribution in [0.15, 0.2) is 24.4 Å². The molecule has 2 aromatic rings. The summed E-state index contributed by atoms with van der Waals surface area (Å²) in [5, 5.41) is 11.6. The Kier molecular flexibility index (Phi) is 3.92. The largest absolute Gasteiger partial charge is 0.375 e. The minimum Gasteiger partial charge on any atom is -0.375 e. The number of morpholine rings is 1. The van der Waals surface area contributed by atoms with E-state index >= 15 is 0 Å². The van der Waals surface area contributed by atoms with Gasteiger partial charge in [-0.2, -0.15) is 0 Å². The molecule has 0 saturated carbocycles. The van der Waals surface area contributed by atoms with Gasteiger partial charge in [0.05, 0.1) is 12.7 Å². The van der Waals surface area contributed by atoms with Crippen molar-refractivity contribution in [2.75, 3.05) is 29.9 Å². The van der Waals surface area contributed by atoms with Crippen molar-refractivity contribution in [1.29, 1.82) is 0 Å². The molecule has 3 heterocycles. The average molecular weight is 286 g/mol. The summed E-state index contributed by atoms with van der Waals surface area (Å²) in [5.41, 5.74) is 0. The molecule has 7 nitrogen and oxygen atoms in total. The maximum atomic E-state index is 5.53. The van der Waals surface area contributed by atoms with Gasteiger partial charge in [-0.05, 0) is 32.0 Å². The Morgan fingerprint density at radius 3 is 2.86 bits per heavy atom. The standard InChI is InChI=1S/C14H18N6O/c1-10-9-20(7-8-21-10)14-4-3-13(18-19-14)17-12-5-6-15-11(2)16-12/h3-6,10H,7-9H2,1-2H3,(H,15,16,17,18). The third-order valence-corrected chi connectivity index (χ3v) is 3.25. The van der Waals surface area contributed by atoms with Gasteiger partial charge in [-0.1, -0.05) is 0 Å². The number of aryl methyl sites for hydroxylation is 1. The number of anilines is 3. The number of hydrogen-bond acceptors (Lipinski definition) is 7. The molecule has 1 saturated heterocycles. The number of nitrogens with zero attached hydrogens (tertiary/aromatic N) is 5. The third-order valence-electron chi connectivity index (χ3n) is 3.25. The highest BCUT2D eigenvalue weighted by molar-refractivity contribution is 5.52. The summed E-state index contributed by atoms with van der Waals surface area (Å²) < 4.78 is 5.53. The molecule has 2 aromatic heterocycles. The van der Waals surface area contributed by atoms with Gasteiger partial charge >= 0.3 is 0 Å². The average Bonchev–Trinajstić information content (AvgIpc) is 2.48. The molecule has 1 aliphatic heterocycles. The van der Waals surface area contributed by atoms with Gasteiger partial charge in [0.15, 0.2) is 11.6 Å². The van der Waals surface area contributed by atoms with Crippen molar-refractivity contribution >= 4 is 17.5 Å². The van der Waals surface area contributed by atoms with E-state index in [-0.39, 0.29) is 6.10 Å². The first-order valence-electron chi connectivity index (χ1n) is 6.97. The lowest BCUT2D eigenvalue weighted by atomic mass is 10.3. The summed E-state index contributed by atoms with van der Waals surface area (Å²) >= 11 is 0. The molecule has 1 fully saturated rings. The molecule has 0 spiro atoms. The van der Waals surface area contributed by atoms with Crippen LogP contribution in [-0.2, 0) is 4.74 Å². The maximum absolute atomic E-state index is 5.53. The Morgan fingerprint density at radius 2 is 2.14 bits per heavy atom. The quantitative estimate of drug-likeness (QED) is 0.917. The van der Waals surface area contributed by atoms with Crippen molar-refractivity contribution in [2.24, 2.45) is 0 Å². The number of ether oxygens (including phenoxy) is 1. The lowest BCUT2D eigenvalue weighted by molar-refractivity contribution is 0.0529. The first kappa shape index (κ1) is 13.7. The summed E-state index contributed by atoms with van der Waals surface area (Å²) in [7, 11) is 0. The van der Waals surface area contributed by atoms with Gasteiger partial charge in [-0.15, -0.1) is 10.2 Å². The summed E-state index contributed by atoms with van der Waals surface area (Å²) in [5.74, 6) is 2.96. The number of hydrogen-bond donors (Lipinski definition) is 1. The fourth-order valence-electron chi connectivity index (χ4n) is 2.24. The van der Waals surface area contributed by atoms with Crippen LogP contribution >= 0.6 is 0 Å². The number of aromatic nitrogens is 4. The minimum atomic E-state index is 0.224. The van der Waals surface area contributed by atoms with E-state index in [2.05, 4.69) is 37.3 Å². The van der Waals surface area contributed by atoms with Crippen LogP contribution in [0.5, 0.6) is 0 Å². The Hall–Kier alpha value is -2.28. The van der Waals surface area contributed by atoms with Crippen molar-refractivity contribution in [3.05, 3.63) is 30.2 Å². The molecular formula is C14H18N6O. The molecule has 21 heavy (non-hydrogen) atoms. The van der Waals surface area contributed by atoms with E-state index in [1.54, 1.807) is 12.3 Å². The maximum Gasteiger partial charge on any atom is 0.154 e. The molecule has 1 unspecified atom stereocenters. The minimum absolute atomic E-state index is 0.224. The van der Waals surface area contributed by atoms with Crippen molar-refractivity contribution in [2.45, 2.75) is 20.0 Å². The SMILES string of the molecule is Cc1nccc(Nc2ccc(N3CCOC(C)C3)nn2)n1. The fraction of sp³-hybridized carbons (Fsp3) is 0.429. The van der Waals surface area contributed by atoms with Crippen LogP contribution in [-0.4, -0.2) is 46.0 Å². The van der Waals surface area contributed by atoms with Crippen molar-refractivity contribution in [1.82, 2.24) is 20.2 Å². The van der Waals surface area contributed by atoms with Gasteiger partial charge < -0.3 is 15.0 Å². The topological polar surface area (TPSA) is 76.1 Å². The Balaban J connectivity index is 1.69. The van der Waals surface area contributed by atoms with E-state index in [9.17, 15) is 0 Å². The highest BCUT2D eigenvalue weighted by atomic mass is 16.5. The molecule has 0 radical (unpaired) electrons. The highest BCUT2D eigenvalue weighted by Gasteiger charge is 2.18. The summed E-state index contributed by atoms with van der Waals surface area (Å²) in [6.07, 6.45) is 1.93. The van der Waals surface area contributed by atoms with E-state index in [0.29, 0.717) is 17.5 Å². The first-order chi connectivity index (χ1) is 10.2. The van der Waals surface area contributed by atoms with Crippen LogP contribution < -0.4 is 10.2 Å². The lowest BCUT2D eigenvalue weighted by Crippen LogP contribution is -2.41. The molecule has 1 atom stereocenters. The van der Waals surface area contributed by atoms with Crippen molar-refractivity contribution < 1.29 is 4.74 Å². The van der Waals surface area contributed by atoms with Crippen LogP contribution in [0.2, 0.25) is 0 Å². The second-order valence-corrected chi connectivity index (χ2v) is 5.02. The van der Waals surface area contributed by atoms with Crippen molar-refractivity contribution in [3.8, 4) is 0 Å². The second-order valence-electron chi connectivity index (χ2n) is 5.02. The van der Waals surface area contributed by atoms with Gasteiger partial charge in [0, 0.05) is 19.3 Å². The lowest BCUT2D eigenvalue weighted by Gasteiger charge is -2.31. The van der Waals surface area contributed by atoms with Gasteiger partial charge in [0.2, 0.25) is 0 Å². The molecule has 1 N–H and O–H groups in total. The summed E-state index contributed by atoms with van der Waals surface area (Å²) in [6, 6.07) is 5.66. The van der Waals surface area contributed by atoms with E-state index < -0.39 is 0 Å². The fourth-order valence-corrected chi connectivity index (χ4v) is 2.24. The molecule has 0 amide bonds.